The van der Waals surface area contributed by atoms with Gasteiger partial charge in [0, 0.05) is 61.6 Å². The number of aromatic nitrogens is 1. The number of sulfonamides is 1. The van der Waals surface area contributed by atoms with Crippen LogP contribution >= 0.6 is 0 Å². The number of hydrogen-bond donors (Lipinski definition) is 1. The Labute approximate surface area is 237 Å². The number of amides is 1. The van der Waals surface area contributed by atoms with Gasteiger partial charge in [-0.2, -0.15) is 0 Å². The quantitative estimate of drug-likeness (QED) is 0.337. The lowest BCUT2D eigenvalue weighted by Crippen LogP contribution is -2.45. The number of anilines is 1. The standard InChI is InChI=1S/C31H30F2N4O3S/c32-26-13-23(14-27(33)15-26)18-36-16-21-6-7-22(17-36)20-37(19-21)31(38)25-8-10-28(11-9-25)35-41(39,40)29-5-1-3-24-4-2-12-34-30(24)29/h1-5,8-15,21-22,35H,6-7,16-20H2. The Hall–Kier alpha value is -3.89. The zero-order chi connectivity index (χ0) is 28.6. The summed E-state index contributed by atoms with van der Waals surface area (Å²) >= 11 is 0. The first-order valence-corrected chi connectivity index (χ1v) is 15.1. The van der Waals surface area contributed by atoms with Crippen LogP contribution in [0.4, 0.5) is 14.5 Å². The van der Waals surface area contributed by atoms with E-state index in [0.29, 0.717) is 42.0 Å². The number of carbonyl (C=O) groups excluding carboxylic acids is 1. The summed E-state index contributed by atoms with van der Waals surface area (Å²) in [7, 11) is -3.90. The normalized spacial score (nSPS) is 19.6. The number of fused-ring (bicyclic) bond motifs is 4. The predicted molar refractivity (Wildman–Crippen MR) is 153 cm³/mol. The molecule has 2 bridgehead atoms. The van der Waals surface area contributed by atoms with E-state index >= 15 is 0 Å². The predicted octanol–water partition coefficient (Wildman–Crippen LogP) is 5.30. The lowest BCUT2D eigenvalue weighted by Gasteiger charge is -2.34. The molecule has 3 heterocycles. The molecule has 10 heteroatoms. The number of benzene rings is 3. The van der Waals surface area contributed by atoms with Gasteiger partial charge in [-0.3, -0.25) is 19.4 Å². The van der Waals surface area contributed by atoms with Crippen molar-refractivity contribution in [2.24, 2.45) is 11.8 Å². The third-order valence-electron chi connectivity index (χ3n) is 7.86. The van der Waals surface area contributed by atoms with Gasteiger partial charge < -0.3 is 4.90 Å². The molecular weight excluding hydrogens is 546 g/mol. The van der Waals surface area contributed by atoms with Crippen LogP contribution < -0.4 is 4.72 Å². The number of likely N-dealkylation sites (tertiary alicyclic amines) is 2. The Morgan fingerprint density at radius 1 is 0.878 bits per heavy atom. The summed E-state index contributed by atoms with van der Waals surface area (Å²) in [5.74, 6) is -0.724. The number of pyridine rings is 1. The molecule has 6 rings (SSSR count). The maximum absolute atomic E-state index is 13.7. The summed E-state index contributed by atoms with van der Waals surface area (Å²) in [6, 6.07) is 18.7. The molecule has 1 aromatic heterocycles. The molecule has 0 radical (unpaired) electrons. The van der Waals surface area contributed by atoms with Gasteiger partial charge >= 0.3 is 0 Å². The van der Waals surface area contributed by atoms with Crippen molar-refractivity contribution < 1.29 is 22.0 Å². The minimum absolute atomic E-state index is 0.0865. The van der Waals surface area contributed by atoms with E-state index < -0.39 is 21.7 Å². The molecule has 2 atom stereocenters. The highest BCUT2D eigenvalue weighted by molar-refractivity contribution is 7.93. The van der Waals surface area contributed by atoms with E-state index in [2.05, 4.69) is 14.6 Å². The van der Waals surface area contributed by atoms with Gasteiger partial charge in [0.15, 0.2) is 0 Å². The first-order valence-electron chi connectivity index (χ1n) is 13.7. The van der Waals surface area contributed by atoms with Crippen LogP contribution in [0.15, 0.2) is 83.9 Å². The van der Waals surface area contributed by atoms with Gasteiger partial charge in [-0.05, 0) is 78.8 Å². The summed E-state index contributed by atoms with van der Waals surface area (Å²) < 4.78 is 56.3. The van der Waals surface area contributed by atoms with Crippen LogP contribution in [-0.2, 0) is 16.6 Å². The van der Waals surface area contributed by atoms with Crippen LogP contribution in [0.5, 0.6) is 0 Å². The minimum Gasteiger partial charge on any atom is -0.338 e. The Balaban J connectivity index is 1.12. The first-order chi connectivity index (χ1) is 19.7. The van der Waals surface area contributed by atoms with Crippen LogP contribution in [-0.4, -0.2) is 55.3 Å². The average Bonchev–Trinajstić information content (AvgIpc) is 3.25. The fourth-order valence-electron chi connectivity index (χ4n) is 6.08. The highest BCUT2D eigenvalue weighted by Gasteiger charge is 2.33. The van der Waals surface area contributed by atoms with Crippen molar-refractivity contribution in [3.8, 4) is 0 Å². The van der Waals surface area contributed by atoms with Crippen molar-refractivity contribution in [2.45, 2.75) is 24.3 Å². The van der Waals surface area contributed by atoms with E-state index in [1.54, 1.807) is 42.6 Å². The van der Waals surface area contributed by atoms with Gasteiger partial charge in [-0.1, -0.05) is 18.2 Å². The molecule has 1 amide bonds. The van der Waals surface area contributed by atoms with E-state index in [1.165, 1.54) is 18.2 Å². The third kappa shape index (κ3) is 6.08. The molecule has 41 heavy (non-hydrogen) atoms. The Bertz CT molecular complexity index is 1660. The molecule has 2 aliphatic heterocycles. The van der Waals surface area contributed by atoms with E-state index in [4.69, 9.17) is 0 Å². The van der Waals surface area contributed by atoms with Crippen LogP contribution in [0, 0.1) is 23.5 Å². The second kappa shape index (κ2) is 11.2. The Morgan fingerprint density at radius 3 is 2.22 bits per heavy atom. The van der Waals surface area contributed by atoms with Crippen molar-refractivity contribution in [3.63, 3.8) is 0 Å². The molecule has 4 aromatic rings. The Morgan fingerprint density at radius 2 is 1.54 bits per heavy atom. The number of nitrogens with one attached hydrogen (secondary N) is 1. The van der Waals surface area contributed by atoms with Crippen LogP contribution in [0.25, 0.3) is 10.9 Å². The summed E-state index contributed by atoms with van der Waals surface area (Å²) in [4.78, 5) is 21.9. The van der Waals surface area contributed by atoms with Crippen molar-refractivity contribution in [3.05, 3.63) is 102 Å². The van der Waals surface area contributed by atoms with E-state index in [1.807, 2.05) is 17.0 Å². The van der Waals surface area contributed by atoms with Gasteiger partial charge in [0.1, 0.15) is 16.5 Å². The molecule has 0 spiro atoms. The maximum Gasteiger partial charge on any atom is 0.264 e. The average molecular weight is 577 g/mol. The molecule has 0 aliphatic carbocycles. The van der Waals surface area contributed by atoms with Gasteiger partial charge in [0.2, 0.25) is 0 Å². The molecule has 212 valence electrons. The van der Waals surface area contributed by atoms with E-state index in [9.17, 15) is 22.0 Å². The molecule has 3 aromatic carbocycles. The fraction of sp³-hybridized carbons (Fsp3) is 0.290. The number of halogens is 2. The van der Waals surface area contributed by atoms with Gasteiger partial charge in [0.25, 0.3) is 15.9 Å². The lowest BCUT2D eigenvalue weighted by molar-refractivity contribution is 0.0647. The van der Waals surface area contributed by atoms with Crippen LogP contribution in [0.2, 0.25) is 0 Å². The monoisotopic (exact) mass is 576 g/mol. The largest absolute Gasteiger partial charge is 0.338 e. The molecule has 2 fully saturated rings. The van der Waals surface area contributed by atoms with Gasteiger partial charge in [-0.15, -0.1) is 0 Å². The summed E-state index contributed by atoms with van der Waals surface area (Å²) in [6.07, 6.45) is 3.54. The minimum atomic E-state index is -3.90. The summed E-state index contributed by atoms with van der Waals surface area (Å²) in [6.45, 7) is 3.18. The fourth-order valence-corrected chi connectivity index (χ4v) is 7.32. The highest BCUT2D eigenvalue weighted by Crippen LogP contribution is 2.29. The van der Waals surface area contributed by atoms with Crippen LogP contribution in [0.3, 0.4) is 0 Å². The summed E-state index contributed by atoms with van der Waals surface area (Å²) in [5.41, 5.74) is 1.85. The van der Waals surface area contributed by atoms with Gasteiger partial charge in [0.05, 0.1) is 5.52 Å². The Kier molecular flexibility index (Phi) is 7.44. The number of nitrogens with zero attached hydrogens (tertiary/aromatic N) is 3. The van der Waals surface area contributed by atoms with Gasteiger partial charge in [-0.25, -0.2) is 17.2 Å². The van der Waals surface area contributed by atoms with Crippen LogP contribution in [0.1, 0.15) is 28.8 Å². The molecule has 2 unspecified atom stereocenters. The number of rotatable bonds is 6. The van der Waals surface area contributed by atoms with Crippen molar-refractivity contribution in [1.82, 2.24) is 14.8 Å². The molecule has 2 aliphatic rings. The zero-order valence-electron chi connectivity index (χ0n) is 22.3. The van der Waals surface area contributed by atoms with Crippen molar-refractivity contribution >= 4 is 32.5 Å². The maximum atomic E-state index is 13.7. The summed E-state index contributed by atoms with van der Waals surface area (Å²) in [5, 5.41) is 0.726. The van der Waals surface area contributed by atoms with E-state index in [-0.39, 0.29) is 22.6 Å². The highest BCUT2D eigenvalue weighted by atomic mass is 32.2. The molecule has 0 saturated carbocycles. The SMILES string of the molecule is O=C(c1ccc(NS(=O)(=O)c2cccc3cccnc23)cc1)N1CC2CCC(CN(Cc3cc(F)cc(F)c3)C2)C1. The topological polar surface area (TPSA) is 82.6 Å². The second-order valence-electron chi connectivity index (χ2n) is 11.0. The second-order valence-corrected chi connectivity index (χ2v) is 12.7. The van der Waals surface area contributed by atoms with Crippen molar-refractivity contribution in [2.75, 3.05) is 30.9 Å². The number of para-hydroxylation sites is 1. The third-order valence-corrected chi connectivity index (χ3v) is 9.27. The van der Waals surface area contributed by atoms with Crippen molar-refractivity contribution in [1.29, 1.82) is 0 Å². The zero-order valence-corrected chi connectivity index (χ0v) is 23.2. The molecule has 1 N–H and O–H groups in total. The smallest absolute Gasteiger partial charge is 0.264 e. The molecular formula is C31H30F2N4O3S. The number of hydrogen-bond acceptors (Lipinski definition) is 5. The number of carbonyl (C=O) groups is 1. The molecule has 2 saturated heterocycles. The lowest BCUT2D eigenvalue weighted by atomic mass is 10.0. The van der Waals surface area contributed by atoms with E-state index in [0.717, 1.165) is 37.4 Å². The first kappa shape index (κ1) is 27.3. The molecule has 7 nitrogen and oxygen atoms in total.